The first-order chi connectivity index (χ1) is 22.2. The summed E-state index contributed by atoms with van der Waals surface area (Å²) in [5, 5.41) is 105. The van der Waals surface area contributed by atoms with Gasteiger partial charge in [0.25, 0.3) is 0 Å². The highest BCUT2D eigenvalue weighted by atomic mass is 16.3. The number of rotatable bonds is 9. The summed E-state index contributed by atoms with van der Waals surface area (Å²) in [6.07, 6.45) is 0.474. The second kappa shape index (κ2) is 12.8. The van der Waals surface area contributed by atoms with Gasteiger partial charge in [-0.25, -0.2) is 0 Å². The third-order valence-electron chi connectivity index (χ3n) is 8.42. The maximum absolute atomic E-state index is 10.8. The molecule has 0 fully saturated rings. The van der Waals surface area contributed by atoms with Gasteiger partial charge in [0.05, 0.1) is 0 Å². The Bertz CT molecular complexity index is 2000. The zero-order valence-corrected chi connectivity index (χ0v) is 25.8. The molecule has 5 aromatic rings. The summed E-state index contributed by atoms with van der Waals surface area (Å²) in [5.41, 5.74) is 3.38. The topological polar surface area (TPSA) is 202 Å². The Morgan fingerprint density at radius 1 is 0.298 bits per heavy atom. The zero-order valence-electron chi connectivity index (χ0n) is 25.8. The fourth-order valence-electron chi connectivity index (χ4n) is 5.61. The predicted octanol–water partition coefficient (Wildman–Crippen LogP) is 5.98. The van der Waals surface area contributed by atoms with Gasteiger partial charge < -0.3 is 51.1 Å². The molecule has 10 heteroatoms. The molecular formula is C37H36O10. The van der Waals surface area contributed by atoms with Crippen LogP contribution in [0.15, 0.2) is 60.7 Å². The van der Waals surface area contributed by atoms with Crippen molar-refractivity contribution < 1.29 is 51.1 Å². The normalized spacial score (nSPS) is 11.2. The molecule has 5 rings (SSSR count). The van der Waals surface area contributed by atoms with Gasteiger partial charge in [-0.3, -0.25) is 0 Å². The summed E-state index contributed by atoms with van der Waals surface area (Å²) in [6, 6.07) is 13.6. The van der Waals surface area contributed by atoms with Gasteiger partial charge in [-0.05, 0) is 85.1 Å². The van der Waals surface area contributed by atoms with Crippen molar-refractivity contribution in [3.63, 3.8) is 0 Å². The third-order valence-corrected chi connectivity index (χ3v) is 8.42. The Kier molecular flexibility index (Phi) is 8.88. The summed E-state index contributed by atoms with van der Waals surface area (Å²) >= 11 is 0. The van der Waals surface area contributed by atoms with Crippen molar-refractivity contribution in [2.45, 2.75) is 46.0 Å². The largest absolute Gasteiger partial charge is 0.508 e. The van der Waals surface area contributed by atoms with Crippen molar-refractivity contribution in [2.75, 3.05) is 0 Å². The molecule has 0 unspecified atom stereocenters. The van der Waals surface area contributed by atoms with Crippen LogP contribution in [0.1, 0.15) is 62.6 Å². The molecule has 0 radical (unpaired) electrons. The minimum Gasteiger partial charge on any atom is -0.508 e. The molecule has 47 heavy (non-hydrogen) atoms. The summed E-state index contributed by atoms with van der Waals surface area (Å²) in [7, 11) is 0. The molecule has 10 N–H and O–H groups in total. The average Bonchev–Trinajstić information content (AvgIpc) is 3.00. The lowest BCUT2D eigenvalue weighted by molar-refractivity contribution is 0.440. The van der Waals surface area contributed by atoms with Crippen LogP contribution in [0.5, 0.6) is 57.5 Å². The predicted molar refractivity (Wildman–Crippen MR) is 174 cm³/mol. The summed E-state index contributed by atoms with van der Waals surface area (Å²) < 4.78 is 0. The van der Waals surface area contributed by atoms with Crippen LogP contribution in [0.2, 0.25) is 0 Å². The van der Waals surface area contributed by atoms with Gasteiger partial charge >= 0.3 is 0 Å². The number of benzene rings is 5. The van der Waals surface area contributed by atoms with Crippen LogP contribution in [0.25, 0.3) is 0 Å². The molecule has 0 spiro atoms. The number of aromatic hydroxyl groups is 10. The standard InChI is InChI=1S/C37H36O10/c1-3-19-9-31(41)21(11-30(19)40)6-23-13-35(45)25(15-34(23)44)8-27-17-36(46)26(16-37(27)47)7-24-14-32(42)22(12-33(24)43)5-20-10-28(38)18(2)4-29(20)39/h4,9-17,38-47H,3,5-8H2,1-2H3. The number of hydrogen-bond acceptors (Lipinski definition) is 10. The van der Waals surface area contributed by atoms with E-state index in [2.05, 4.69) is 0 Å². The second-order valence-corrected chi connectivity index (χ2v) is 11.8. The number of hydrogen-bond donors (Lipinski definition) is 10. The molecule has 10 nitrogen and oxygen atoms in total. The van der Waals surface area contributed by atoms with Gasteiger partial charge in [0.2, 0.25) is 0 Å². The highest BCUT2D eigenvalue weighted by molar-refractivity contribution is 5.56. The molecule has 0 atom stereocenters. The minimum absolute atomic E-state index is 0.0163. The SMILES string of the molecule is CCc1cc(O)c(Cc2cc(O)c(Cc3cc(O)c(Cc4cc(O)c(Cc5cc(O)c(C)cc5O)cc4O)cc3O)cc2O)cc1O. The van der Waals surface area contributed by atoms with E-state index in [1.165, 1.54) is 60.7 Å². The van der Waals surface area contributed by atoms with Crippen LogP contribution in [0.3, 0.4) is 0 Å². The van der Waals surface area contributed by atoms with Gasteiger partial charge in [-0.2, -0.15) is 0 Å². The van der Waals surface area contributed by atoms with Crippen LogP contribution in [0.4, 0.5) is 0 Å². The molecule has 0 aliphatic carbocycles. The molecule has 5 aromatic carbocycles. The monoisotopic (exact) mass is 640 g/mol. The van der Waals surface area contributed by atoms with E-state index in [-0.39, 0.29) is 105 Å². The summed E-state index contributed by atoms with van der Waals surface area (Å²) in [5.74, 6) is -1.29. The Morgan fingerprint density at radius 3 is 0.745 bits per heavy atom. The summed E-state index contributed by atoms with van der Waals surface area (Å²) in [4.78, 5) is 0. The Balaban J connectivity index is 1.34. The first-order valence-corrected chi connectivity index (χ1v) is 14.9. The van der Waals surface area contributed by atoms with Crippen molar-refractivity contribution in [2.24, 2.45) is 0 Å². The van der Waals surface area contributed by atoms with Crippen LogP contribution in [-0.2, 0) is 32.1 Å². The third kappa shape index (κ3) is 6.86. The van der Waals surface area contributed by atoms with Gasteiger partial charge in [0, 0.05) is 70.2 Å². The molecule has 0 heterocycles. The van der Waals surface area contributed by atoms with E-state index in [0.29, 0.717) is 39.8 Å². The fraction of sp³-hybridized carbons (Fsp3) is 0.189. The molecule has 0 saturated carbocycles. The highest BCUT2D eigenvalue weighted by Gasteiger charge is 2.18. The second-order valence-electron chi connectivity index (χ2n) is 11.8. The van der Waals surface area contributed by atoms with E-state index in [1.807, 2.05) is 6.92 Å². The van der Waals surface area contributed by atoms with Crippen LogP contribution in [0, 0.1) is 6.92 Å². The van der Waals surface area contributed by atoms with E-state index in [9.17, 15) is 51.1 Å². The van der Waals surface area contributed by atoms with Crippen molar-refractivity contribution >= 4 is 0 Å². The van der Waals surface area contributed by atoms with E-state index >= 15 is 0 Å². The molecule has 0 amide bonds. The zero-order chi connectivity index (χ0) is 34.2. The van der Waals surface area contributed by atoms with E-state index in [0.717, 1.165) is 0 Å². The van der Waals surface area contributed by atoms with Gasteiger partial charge in [-0.15, -0.1) is 0 Å². The van der Waals surface area contributed by atoms with Gasteiger partial charge in [-0.1, -0.05) is 6.92 Å². The molecule has 0 aliphatic rings. The van der Waals surface area contributed by atoms with Crippen LogP contribution in [-0.4, -0.2) is 51.1 Å². The quantitative estimate of drug-likeness (QED) is 0.0855. The van der Waals surface area contributed by atoms with Crippen molar-refractivity contribution in [3.8, 4) is 57.5 Å². The molecule has 0 aromatic heterocycles. The fourth-order valence-corrected chi connectivity index (χ4v) is 5.61. The van der Waals surface area contributed by atoms with Crippen molar-refractivity contribution in [3.05, 3.63) is 116 Å². The molecule has 0 saturated heterocycles. The minimum atomic E-state index is -0.216. The maximum atomic E-state index is 10.8. The van der Waals surface area contributed by atoms with E-state index in [1.54, 1.807) is 6.92 Å². The number of phenols is 10. The summed E-state index contributed by atoms with van der Waals surface area (Å²) in [6.45, 7) is 3.48. The number of aryl methyl sites for hydroxylation is 2. The molecule has 244 valence electrons. The lowest BCUT2D eigenvalue weighted by atomic mass is 9.94. The lowest BCUT2D eigenvalue weighted by Crippen LogP contribution is -1.97. The van der Waals surface area contributed by atoms with E-state index < -0.39 is 0 Å². The maximum Gasteiger partial charge on any atom is 0.119 e. The van der Waals surface area contributed by atoms with Gasteiger partial charge in [0.1, 0.15) is 57.5 Å². The Labute approximate surface area is 270 Å². The van der Waals surface area contributed by atoms with Crippen molar-refractivity contribution in [1.82, 2.24) is 0 Å². The Hall–Kier alpha value is -5.90. The van der Waals surface area contributed by atoms with Crippen LogP contribution < -0.4 is 0 Å². The van der Waals surface area contributed by atoms with Gasteiger partial charge in [0.15, 0.2) is 0 Å². The first-order valence-electron chi connectivity index (χ1n) is 14.9. The molecular weight excluding hydrogens is 604 g/mol. The molecule has 0 aliphatic heterocycles. The first kappa shape index (κ1) is 32.5. The van der Waals surface area contributed by atoms with Crippen molar-refractivity contribution in [1.29, 1.82) is 0 Å². The lowest BCUT2D eigenvalue weighted by Gasteiger charge is -2.15. The average molecular weight is 641 g/mol. The van der Waals surface area contributed by atoms with E-state index in [4.69, 9.17) is 0 Å². The number of phenolic OH excluding ortho intramolecular Hbond substituents is 10. The Morgan fingerprint density at radius 2 is 0.489 bits per heavy atom. The smallest absolute Gasteiger partial charge is 0.119 e. The molecule has 0 bridgehead atoms. The highest BCUT2D eigenvalue weighted by Crippen LogP contribution is 2.39. The van der Waals surface area contributed by atoms with Crippen LogP contribution >= 0.6 is 0 Å².